The second kappa shape index (κ2) is 6.36. The van der Waals surface area contributed by atoms with E-state index >= 15 is 0 Å². The molecular weight excluding hydrogens is 244 g/mol. The molecule has 0 fully saturated rings. The van der Waals surface area contributed by atoms with Crippen molar-refractivity contribution in [3.8, 4) is 0 Å². The molecule has 1 amide bonds. The molecule has 1 heterocycles. The Labute approximate surface area is 113 Å². The van der Waals surface area contributed by atoms with E-state index in [9.17, 15) is 9.59 Å². The maximum atomic E-state index is 12.0. The van der Waals surface area contributed by atoms with Crippen LogP contribution in [0.25, 0.3) is 0 Å². The van der Waals surface area contributed by atoms with Crippen LogP contribution in [0.2, 0.25) is 0 Å². The molecular formula is C13H22N4O2. The van der Waals surface area contributed by atoms with Crippen molar-refractivity contribution < 1.29 is 4.79 Å². The number of nitrogens with one attached hydrogen (secondary N) is 2. The summed E-state index contributed by atoms with van der Waals surface area (Å²) in [5.74, 6) is 0.0413. The third-order valence-electron chi connectivity index (χ3n) is 2.31. The molecule has 0 aliphatic carbocycles. The standard InChI is InChI=1S/C13H22N4O2/c1-5-7-17-8-6-14-11(12(17)19)15-9-10(18)16-13(2,3)4/h6,8H,5,7,9H2,1-4H3,(H,14,15)(H,16,18). The van der Waals surface area contributed by atoms with Crippen molar-refractivity contribution >= 4 is 11.7 Å². The van der Waals surface area contributed by atoms with E-state index in [0.717, 1.165) is 6.42 Å². The highest BCUT2D eigenvalue weighted by Gasteiger charge is 2.14. The fourth-order valence-corrected chi connectivity index (χ4v) is 1.61. The predicted octanol–water partition coefficient (Wildman–Crippen LogP) is 0.980. The van der Waals surface area contributed by atoms with Gasteiger partial charge in [0.15, 0.2) is 5.82 Å². The summed E-state index contributed by atoms with van der Waals surface area (Å²) in [6, 6.07) is 0. The predicted molar refractivity (Wildman–Crippen MR) is 75.2 cm³/mol. The minimum atomic E-state index is -0.286. The molecule has 1 aromatic rings. The Bertz CT molecular complexity index is 488. The van der Waals surface area contributed by atoms with Gasteiger partial charge in [-0.2, -0.15) is 0 Å². The van der Waals surface area contributed by atoms with Crippen LogP contribution in [0.1, 0.15) is 34.1 Å². The molecule has 0 atom stereocenters. The van der Waals surface area contributed by atoms with Crippen LogP contribution in [0.15, 0.2) is 17.2 Å². The topological polar surface area (TPSA) is 76.0 Å². The number of hydrogen-bond acceptors (Lipinski definition) is 4. The highest BCUT2D eigenvalue weighted by Crippen LogP contribution is 1.98. The van der Waals surface area contributed by atoms with Gasteiger partial charge in [-0.1, -0.05) is 6.92 Å². The summed E-state index contributed by atoms with van der Waals surface area (Å²) < 4.78 is 1.58. The molecule has 0 aliphatic heterocycles. The second-order valence-electron chi connectivity index (χ2n) is 5.43. The molecule has 1 rings (SSSR count). The van der Waals surface area contributed by atoms with Gasteiger partial charge >= 0.3 is 0 Å². The lowest BCUT2D eigenvalue weighted by atomic mass is 10.1. The van der Waals surface area contributed by atoms with E-state index in [0.29, 0.717) is 6.54 Å². The third kappa shape index (κ3) is 5.11. The average molecular weight is 266 g/mol. The van der Waals surface area contributed by atoms with E-state index in [-0.39, 0.29) is 29.4 Å². The molecule has 0 spiro atoms. The minimum absolute atomic E-state index is 0.0373. The molecule has 19 heavy (non-hydrogen) atoms. The van der Waals surface area contributed by atoms with Gasteiger partial charge in [0.05, 0.1) is 6.54 Å². The fourth-order valence-electron chi connectivity index (χ4n) is 1.61. The van der Waals surface area contributed by atoms with Crippen LogP contribution >= 0.6 is 0 Å². The number of nitrogens with zero attached hydrogens (tertiary/aromatic N) is 2. The summed E-state index contributed by atoms with van der Waals surface area (Å²) in [4.78, 5) is 27.6. The van der Waals surface area contributed by atoms with Gasteiger partial charge in [-0.15, -0.1) is 0 Å². The smallest absolute Gasteiger partial charge is 0.293 e. The van der Waals surface area contributed by atoms with Gasteiger partial charge in [0.25, 0.3) is 5.56 Å². The first-order valence-electron chi connectivity index (χ1n) is 6.44. The zero-order valence-corrected chi connectivity index (χ0v) is 12.0. The highest BCUT2D eigenvalue weighted by molar-refractivity contribution is 5.80. The number of anilines is 1. The largest absolute Gasteiger partial charge is 0.356 e. The molecule has 0 saturated heterocycles. The van der Waals surface area contributed by atoms with Crippen LogP contribution in [0, 0.1) is 0 Å². The Morgan fingerprint density at radius 2 is 2.11 bits per heavy atom. The van der Waals surface area contributed by atoms with Crippen LogP contribution in [-0.4, -0.2) is 27.5 Å². The first kappa shape index (κ1) is 15.2. The Hall–Kier alpha value is -1.85. The normalized spacial score (nSPS) is 11.2. The fraction of sp³-hybridized carbons (Fsp3) is 0.615. The van der Waals surface area contributed by atoms with Crippen molar-refractivity contribution in [3.05, 3.63) is 22.7 Å². The quantitative estimate of drug-likeness (QED) is 0.833. The van der Waals surface area contributed by atoms with Crippen LogP contribution < -0.4 is 16.2 Å². The van der Waals surface area contributed by atoms with Crippen molar-refractivity contribution in [1.29, 1.82) is 0 Å². The monoisotopic (exact) mass is 266 g/mol. The summed E-state index contributed by atoms with van der Waals surface area (Å²) in [5.41, 5.74) is -0.487. The molecule has 0 saturated carbocycles. The lowest BCUT2D eigenvalue weighted by Crippen LogP contribution is -2.43. The van der Waals surface area contributed by atoms with Crippen LogP contribution in [0.4, 0.5) is 5.82 Å². The Morgan fingerprint density at radius 3 is 2.68 bits per heavy atom. The molecule has 2 N–H and O–H groups in total. The molecule has 0 aromatic carbocycles. The summed E-state index contributed by atoms with van der Waals surface area (Å²) in [7, 11) is 0. The first-order valence-corrected chi connectivity index (χ1v) is 6.44. The Kier molecular flexibility index (Phi) is 5.09. The van der Waals surface area contributed by atoms with E-state index in [1.54, 1.807) is 17.0 Å². The number of amides is 1. The van der Waals surface area contributed by atoms with Crippen LogP contribution in [0.3, 0.4) is 0 Å². The molecule has 0 radical (unpaired) electrons. The number of rotatable bonds is 5. The summed E-state index contributed by atoms with van der Waals surface area (Å²) in [5, 5.41) is 5.59. The second-order valence-corrected chi connectivity index (χ2v) is 5.43. The van der Waals surface area contributed by atoms with Crippen molar-refractivity contribution in [2.75, 3.05) is 11.9 Å². The van der Waals surface area contributed by atoms with Gasteiger partial charge in [-0.3, -0.25) is 9.59 Å². The van der Waals surface area contributed by atoms with Crippen LogP contribution in [0.5, 0.6) is 0 Å². The summed E-state index contributed by atoms with van der Waals surface area (Å²) in [6.45, 7) is 8.39. The van der Waals surface area contributed by atoms with Crippen molar-refractivity contribution in [2.45, 2.75) is 46.2 Å². The first-order chi connectivity index (χ1) is 8.83. The van der Waals surface area contributed by atoms with E-state index in [1.807, 2.05) is 27.7 Å². The maximum absolute atomic E-state index is 12.0. The van der Waals surface area contributed by atoms with Crippen LogP contribution in [-0.2, 0) is 11.3 Å². The highest BCUT2D eigenvalue weighted by atomic mass is 16.2. The molecule has 6 nitrogen and oxygen atoms in total. The number of hydrogen-bond donors (Lipinski definition) is 2. The van der Waals surface area contributed by atoms with E-state index < -0.39 is 0 Å². The van der Waals surface area contributed by atoms with Gasteiger partial charge in [-0.05, 0) is 27.2 Å². The SMILES string of the molecule is CCCn1ccnc(NCC(=O)NC(C)(C)C)c1=O. The molecule has 0 aliphatic rings. The number of aryl methyl sites for hydroxylation is 1. The minimum Gasteiger partial charge on any atom is -0.356 e. The lowest BCUT2D eigenvalue weighted by molar-refractivity contribution is -0.120. The van der Waals surface area contributed by atoms with E-state index in [4.69, 9.17) is 0 Å². The molecule has 0 bridgehead atoms. The molecule has 6 heteroatoms. The molecule has 106 valence electrons. The van der Waals surface area contributed by atoms with Gasteiger partial charge < -0.3 is 15.2 Å². The van der Waals surface area contributed by atoms with Gasteiger partial charge in [-0.25, -0.2) is 4.98 Å². The zero-order chi connectivity index (χ0) is 14.5. The number of carbonyl (C=O) groups is 1. The Balaban J connectivity index is 2.66. The molecule has 1 aromatic heterocycles. The van der Waals surface area contributed by atoms with Gasteiger partial charge in [0, 0.05) is 24.5 Å². The molecule has 0 unspecified atom stereocenters. The Morgan fingerprint density at radius 1 is 1.42 bits per heavy atom. The summed E-state index contributed by atoms with van der Waals surface area (Å²) in [6.07, 6.45) is 4.07. The van der Waals surface area contributed by atoms with Crippen molar-refractivity contribution in [2.24, 2.45) is 0 Å². The van der Waals surface area contributed by atoms with Gasteiger partial charge in [0.2, 0.25) is 5.91 Å². The number of carbonyl (C=O) groups excluding carboxylic acids is 1. The van der Waals surface area contributed by atoms with Gasteiger partial charge in [0.1, 0.15) is 0 Å². The number of aromatic nitrogens is 2. The van der Waals surface area contributed by atoms with E-state index in [2.05, 4.69) is 15.6 Å². The van der Waals surface area contributed by atoms with Crippen molar-refractivity contribution in [3.63, 3.8) is 0 Å². The van der Waals surface area contributed by atoms with E-state index in [1.165, 1.54) is 0 Å². The third-order valence-corrected chi connectivity index (χ3v) is 2.31. The maximum Gasteiger partial charge on any atom is 0.293 e. The average Bonchev–Trinajstić information content (AvgIpc) is 2.28. The zero-order valence-electron chi connectivity index (χ0n) is 12.0. The summed E-state index contributed by atoms with van der Waals surface area (Å²) >= 11 is 0. The lowest BCUT2D eigenvalue weighted by Gasteiger charge is -2.20. The van der Waals surface area contributed by atoms with Crippen molar-refractivity contribution in [1.82, 2.24) is 14.9 Å².